The summed E-state index contributed by atoms with van der Waals surface area (Å²) in [4.78, 5) is 31.6. The molecule has 1 amide bonds. The molecule has 0 bridgehead atoms. The molecule has 0 radical (unpaired) electrons. The molecule has 10 heteroatoms. The zero-order valence-corrected chi connectivity index (χ0v) is 10.4. The number of hydrogen-bond donors (Lipinski definition) is 2. The van der Waals surface area contributed by atoms with Gasteiger partial charge in [-0.1, -0.05) is 16.7 Å². The Morgan fingerprint density at radius 3 is 2.67 bits per heavy atom. The summed E-state index contributed by atoms with van der Waals surface area (Å²) >= 11 is 10.7. The Morgan fingerprint density at radius 1 is 1.50 bits per heavy atom. The third kappa shape index (κ3) is 3.67. The molecule has 18 heavy (non-hydrogen) atoms. The van der Waals surface area contributed by atoms with Crippen LogP contribution in [0.15, 0.2) is 0 Å². The minimum absolute atomic E-state index is 0.121. The number of amides is 1. The first-order chi connectivity index (χ1) is 8.43. The molecular weight excluding hydrogens is 287 g/mol. The highest BCUT2D eigenvalue weighted by molar-refractivity contribution is 6.63. The van der Waals surface area contributed by atoms with Crippen LogP contribution in [0.4, 0.5) is 5.82 Å². The summed E-state index contributed by atoms with van der Waals surface area (Å²) in [5.74, 6) is -1.20. The van der Waals surface area contributed by atoms with E-state index in [0.717, 1.165) is 0 Å². The Bertz CT molecular complexity index is 487. The Hall–Kier alpha value is -1.67. The summed E-state index contributed by atoms with van der Waals surface area (Å²) in [5, 5.41) is 17.5. The molecule has 2 N–H and O–H groups in total. The van der Waals surface area contributed by atoms with Crippen molar-refractivity contribution in [1.82, 2.24) is 15.5 Å². The fraction of sp³-hybridized carbons (Fsp3) is 0.375. The van der Waals surface area contributed by atoms with E-state index in [1.165, 1.54) is 0 Å². The second-order valence-corrected chi connectivity index (χ2v) is 4.01. The lowest BCUT2D eigenvalue weighted by molar-refractivity contribution is -0.389. The highest BCUT2D eigenvalue weighted by atomic mass is 35.5. The molecule has 1 aromatic heterocycles. The number of nitrogens with zero attached hydrogens (tertiary/aromatic N) is 2. The van der Waals surface area contributed by atoms with Crippen LogP contribution in [0.25, 0.3) is 0 Å². The summed E-state index contributed by atoms with van der Waals surface area (Å²) in [6, 6.07) is 0. The first-order valence-corrected chi connectivity index (χ1v) is 5.54. The molecule has 1 rings (SSSR count). The lowest BCUT2D eigenvalue weighted by Crippen LogP contribution is -2.25. The van der Waals surface area contributed by atoms with E-state index >= 15 is 0 Å². The van der Waals surface area contributed by atoms with E-state index in [2.05, 4.69) is 10.4 Å². The van der Waals surface area contributed by atoms with E-state index in [0.29, 0.717) is 6.42 Å². The third-order valence-electron chi connectivity index (χ3n) is 1.92. The van der Waals surface area contributed by atoms with Crippen molar-refractivity contribution in [3.63, 3.8) is 0 Å². The number of aromatic nitrogens is 2. The van der Waals surface area contributed by atoms with Crippen molar-refractivity contribution >= 4 is 40.2 Å². The third-order valence-corrected chi connectivity index (χ3v) is 2.47. The first-order valence-electron chi connectivity index (χ1n) is 4.78. The lowest BCUT2D eigenvalue weighted by atomic mass is 10.3. The van der Waals surface area contributed by atoms with E-state index < -0.39 is 21.9 Å². The molecule has 0 aromatic carbocycles. The van der Waals surface area contributed by atoms with Crippen molar-refractivity contribution in [2.45, 2.75) is 12.8 Å². The molecule has 0 fully saturated rings. The Morgan fingerprint density at radius 2 is 2.17 bits per heavy atom. The zero-order valence-electron chi connectivity index (χ0n) is 8.90. The lowest BCUT2D eigenvalue weighted by Gasteiger charge is -2.00. The van der Waals surface area contributed by atoms with Crippen molar-refractivity contribution in [2.24, 2.45) is 0 Å². The minimum Gasteiger partial charge on any atom is -0.358 e. The number of H-pyrrole nitrogens is 1. The molecule has 0 spiro atoms. The Kier molecular flexibility index (Phi) is 5.05. The molecule has 0 atom stereocenters. The number of halogens is 2. The van der Waals surface area contributed by atoms with Gasteiger partial charge in [0.1, 0.15) is 0 Å². The predicted octanol–water partition coefficient (Wildman–Crippen LogP) is 1.25. The van der Waals surface area contributed by atoms with E-state index in [1.54, 1.807) is 0 Å². The summed E-state index contributed by atoms with van der Waals surface area (Å²) in [5.41, 5.74) is -0.263. The fourth-order valence-corrected chi connectivity index (χ4v) is 1.48. The van der Waals surface area contributed by atoms with Gasteiger partial charge in [-0.2, -0.15) is 0 Å². The molecule has 0 saturated heterocycles. The van der Waals surface area contributed by atoms with Gasteiger partial charge in [-0.25, -0.2) is 0 Å². The minimum atomic E-state index is -0.779. The van der Waals surface area contributed by atoms with Crippen LogP contribution in [-0.4, -0.2) is 32.8 Å². The normalized spacial score (nSPS) is 10.1. The van der Waals surface area contributed by atoms with Gasteiger partial charge in [0.25, 0.3) is 5.91 Å². The second-order valence-electron chi connectivity index (χ2n) is 3.21. The van der Waals surface area contributed by atoms with E-state index in [-0.39, 0.29) is 23.7 Å². The van der Waals surface area contributed by atoms with Crippen LogP contribution in [0.2, 0.25) is 5.02 Å². The summed E-state index contributed by atoms with van der Waals surface area (Å²) in [6.07, 6.45) is 0.481. The largest absolute Gasteiger partial charge is 0.362 e. The van der Waals surface area contributed by atoms with Gasteiger partial charge in [-0.3, -0.25) is 9.59 Å². The summed E-state index contributed by atoms with van der Waals surface area (Å²) < 4.78 is 0. The van der Waals surface area contributed by atoms with E-state index in [9.17, 15) is 19.7 Å². The van der Waals surface area contributed by atoms with Gasteiger partial charge in [0.05, 0.1) is 0 Å². The molecule has 8 nitrogen and oxygen atoms in total. The molecule has 98 valence electrons. The van der Waals surface area contributed by atoms with Crippen molar-refractivity contribution in [3.8, 4) is 0 Å². The van der Waals surface area contributed by atoms with Crippen LogP contribution in [0, 0.1) is 10.1 Å². The van der Waals surface area contributed by atoms with Crippen LogP contribution in [-0.2, 0) is 4.79 Å². The Labute approximate surface area is 111 Å². The Balaban J connectivity index is 2.57. The number of nitrogens with one attached hydrogen (secondary N) is 2. The van der Waals surface area contributed by atoms with Gasteiger partial charge in [0.15, 0.2) is 10.7 Å². The first kappa shape index (κ1) is 14.4. The second kappa shape index (κ2) is 6.31. The number of rotatable bonds is 6. The number of nitro groups is 1. The van der Waals surface area contributed by atoms with Crippen molar-refractivity contribution in [1.29, 1.82) is 0 Å². The van der Waals surface area contributed by atoms with Gasteiger partial charge in [0, 0.05) is 13.0 Å². The molecule has 0 aliphatic rings. The van der Waals surface area contributed by atoms with Gasteiger partial charge in [0.2, 0.25) is 5.24 Å². The van der Waals surface area contributed by atoms with Crippen LogP contribution < -0.4 is 5.32 Å². The number of carbonyl (C=O) groups is 2. The van der Waals surface area contributed by atoms with Crippen molar-refractivity contribution in [2.75, 3.05) is 6.54 Å². The smallest absolute Gasteiger partial charge is 0.358 e. The fourth-order valence-electron chi connectivity index (χ4n) is 1.10. The van der Waals surface area contributed by atoms with Crippen LogP contribution >= 0.6 is 23.2 Å². The number of hydrogen-bond acceptors (Lipinski definition) is 5. The monoisotopic (exact) mass is 294 g/mol. The highest BCUT2D eigenvalue weighted by Gasteiger charge is 2.24. The van der Waals surface area contributed by atoms with E-state index in [4.69, 9.17) is 23.2 Å². The van der Waals surface area contributed by atoms with Crippen molar-refractivity contribution < 1.29 is 14.5 Å². The SMILES string of the molecule is O=C(Cl)CCCNC(=O)c1n[nH]c([N+](=O)[O-])c1Cl. The molecule has 0 aliphatic heterocycles. The topological polar surface area (TPSA) is 118 Å². The zero-order chi connectivity index (χ0) is 13.7. The summed E-state index contributed by atoms with van der Waals surface area (Å²) in [6.45, 7) is 0.189. The quantitative estimate of drug-likeness (QED) is 0.354. The van der Waals surface area contributed by atoms with E-state index in [1.807, 2.05) is 5.10 Å². The maximum Gasteiger partial charge on any atom is 0.362 e. The summed E-state index contributed by atoms with van der Waals surface area (Å²) in [7, 11) is 0. The predicted molar refractivity (Wildman–Crippen MR) is 62.7 cm³/mol. The van der Waals surface area contributed by atoms with Gasteiger partial charge >= 0.3 is 5.82 Å². The number of carbonyl (C=O) groups excluding carboxylic acids is 2. The average molecular weight is 295 g/mol. The molecule has 0 unspecified atom stereocenters. The molecule has 1 aromatic rings. The van der Waals surface area contributed by atoms with Crippen LogP contribution in [0.5, 0.6) is 0 Å². The van der Waals surface area contributed by atoms with Gasteiger partial charge in [-0.15, -0.1) is 5.10 Å². The maximum absolute atomic E-state index is 11.5. The molecule has 1 heterocycles. The van der Waals surface area contributed by atoms with Crippen molar-refractivity contribution in [3.05, 3.63) is 20.8 Å². The highest BCUT2D eigenvalue weighted by Crippen LogP contribution is 2.24. The number of aromatic amines is 1. The molecule has 0 saturated carbocycles. The molecular formula is C8H8Cl2N4O4. The van der Waals surface area contributed by atoms with Crippen LogP contribution in [0.1, 0.15) is 23.3 Å². The standard InChI is InChI=1S/C8H8Cl2N4O4/c9-4(15)2-1-3-11-8(16)6-5(10)7(13-12-6)14(17)18/h1-3H2,(H,11,16)(H,12,13). The maximum atomic E-state index is 11.5. The van der Waals surface area contributed by atoms with Gasteiger partial charge in [-0.05, 0) is 22.9 Å². The van der Waals surface area contributed by atoms with Gasteiger partial charge < -0.3 is 15.4 Å². The molecule has 0 aliphatic carbocycles. The van der Waals surface area contributed by atoms with Crippen LogP contribution in [0.3, 0.4) is 0 Å². The average Bonchev–Trinajstić information content (AvgIpc) is 2.66.